The topological polar surface area (TPSA) is 95.9 Å². The summed E-state index contributed by atoms with van der Waals surface area (Å²) in [7, 11) is -4.44. The molecule has 7 heteroatoms. The lowest BCUT2D eigenvalue weighted by Gasteiger charge is -2.07. The number of carbonyl (C=O) groups excluding carboxylic acids is 1. The van der Waals surface area contributed by atoms with Gasteiger partial charge in [0.25, 0.3) is 0 Å². The third-order valence-corrected chi connectivity index (χ3v) is 4.56. The SMILES string of the molecule is CCCCC/C=C\C/C=C\CCCCCCCC(=O)NCCOP(=O)(O)O. The summed E-state index contributed by atoms with van der Waals surface area (Å²) in [5.41, 5.74) is 0. The van der Waals surface area contributed by atoms with Crippen LogP contribution in [0.4, 0.5) is 0 Å². The second kappa shape index (κ2) is 18.4. The highest BCUT2D eigenvalue weighted by atomic mass is 31.2. The van der Waals surface area contributed by atoms with Gasteiger partial charge in [0, 0.05) is 13.0 Å². The number of phosphoric acid groups is 1. The standard InChI is InChI=1S/C20H38NO5P/c1-2-3-4-5-6-7-8-9-10-11-12-13-14-15-16-17-20(22)21-18-19-26-27(23,24)25/h6-7,9-10H,2-5,8,11-19H2,1H3,(H,21,22)(H2,23,24,25)/b7-6-,10-9-. The fourth-order valence-electron chi connectivity index (χ4n) is 2.54. The van der Waals surface area contributed by atoms with Gasteiger partial charge in [0.15, 0.2) is 0 Å². The molecule has 0 aromatic rings. The zero-order valence-corrected chi connectivity index (χ0v) is 17.7. The van der Waals surface area contributed by atoms with E-state index in [1.165, 1.54) is 38.5 Å². The first-order valence-electron chi connectivity index (χ1n) is 10.2. The van der Waals surface area contributed by atoms with Crippen LogP contribution in [0, 0.1) is 0 Å². The predicted molar refractivity (Wildman–Crippen MR) is 110 cm³/mol. The van der Waals surface area contributed by atoms with Gasteiger partial charge in [-0.3, -0.25) is 9.32 Å². The molecule has 0 unspecified atom stereocenters. The van der Waals surface area contributed by atoms with Crippen LogP contribution in [-0.4, -0.2) is 28.8 Å². The van der Waals surface area contributed by atoms with E-state index in [0.717, 1.165) is 32.1 Å². The van der Waals surface area contributed by atoms with Crippen LogP contribution in [0.5, 0.6) is 0 Å². The van der Waals surface area contributed by atoms with Crippen LogP contribution in [0.25, 0.3) is 0 Å². The van der Waals surface area contributed by atoms with Gasteiger partial charge in [0.1, 0.15) is 0 Å². The van der Waals surface area contributed by atoms with Gasteiger partial charge in [-0.1, -0.05) is 63.3 Å². The molecule has 0 saturated heterocycles. The number of hydrogen-bond acceptors (Lipinski definition) is 3. The molecule has 0 aliphatic heterocycles. The summed E-state index contributed by atoms with van der Waals surface area (Å²) in [6.45, 7) is 2.16. The summed E-state index contributed by atoms with van der Waals surface area (Å²) in [5.74, 6) is -0.102. The van der Waals surface area contributed by atoms with Gasteiger partial charge in [-0.25, -0.2) is 4.57 Å². The average molecular weight is 404 g/mol. The molecule has 0 rings (SSSR count). The Bertz CT molecular complexity index is 459. The van der Waals surface area contributed by atoms with Gasteiger partial charge in [0.2, 0.25) is 5.91 Å². The van der Waals surface area contributed by atoms with Crippen molar-refractivity contribution in [2.75, 3.05) is 13.2 Å². The Morgan fingerprint density at radius 2 is 1.52 bits per heavy atom. The first kappa shape index (κ1) is 26.1. The quantitative estimate of drug-likeness (QED) is 0.170. The fraction of sp³-hybridized carbons (Fsp3) is 0.750. The van der Waals surface area contributed by atoms with Crippen molar-refractivity contribution in [3.63, 3.8) is 0 Å². The molecule has 0 aromatic heterocycles. The molecule has 0 heterocycles. The van der Waals surface area contributed by atoms with Crippen molar-refractivity contribution in [3.8, 4) is 0 Å². The van der Waals surface area contributed by atoms with Gasteiger partial charge < -0.3 is 15.1 Å². The first-order chi connectivity index (χ1) is 13.0. The van der Waals surface area contributed by atoms with Crippen LogP contribution < -0.4 is 5.32 Å². The van der Waals surface area contributed by atoms with Crippen molar-refractivity contribution in [1.29, 1.82) is 0 Å². The van der Waals surface area contributed by atoms with E-state index in [0.29, 0.717) is 6.42 Å². The Kier molecular flexibility index (Phi) is 17.8. The van der Waals surface area contributed by atoms with E-state index in [1.807, 2.05) is 0 Å². The van der Waals surface area contributed by atoms with Crippen molar-refractivity contribution < 1.29 is 23.7 Å². The average Bonchev–Trinajstić information content (AvgIpc) is 2.61. The number of allylic oxidation sites excluding steroid dienone is 4. The second-order valence-electron chi connectivity index (χ2n) is 6.65. The van der Waals surface area contributed by atoms with Gasteiger partial charge in [0.05, 0.1) is 6.61 Å². The highest BCUT2D eigenvalue weighted by Crippen LogP contribution is 2.35. The largest absolute Gasteiger partial charge is 0.469 e. The van der Waals surface area contributed by atoms with Crippen LogP contribution in [0.2, 0.25) is 0 Å². The number of amides is 1. The van der Waals surface area contributed by atoms with Crippen molar-refractivity contribution in [2.24, 2.45) is 0 Å². The molecule has 6 nitrogen and oxygen atoms in total. The van der Waals surface area contributed by atoms with E-state index in [-0.39, 0.29) is 19.1 Å². The van der Waals surface area contributed by atoms with E-state index in [4.69, 9.17) is 9.79 Å². The number of unbranched alkanes of at least 4 members (excludes halogenated alkanes) is 8. The summed E-state index contributed by atoms with van der Waals surface area (Å²) in [4.78, 5) is 28.5. The van der Waals surface area contributed by atoms with E-state index in [9.17, 15) is 9.36 Å². The summed E-state index contributed by atoms with van der Waals surface area (Å²) < 4.78 is 14.7. The number of nitrogens with one attached hydrogen (secondary N) is 1. The molecular weight excluding hydrogens is 365 g/mol. The van der Waals surface area contributed by atoms with Crippen LogP contribution >= 0.6 is 7.82 Å². The molecule has 0 saturated carbocycles. The van der Waals surface area contributed by atoms with Crippen molar-refractivity contribution in [3.05, 3.63) is 24.3 Å². The normalized spacial score (nSPS) is 12.3. The Morgan fingerprint density at radius 1 is 0.926 bits per heavy atom. The Labute approximate surface area is 164 Å². The lowest BCUT2D eigenvalue weighted by molar-refractivity contribution is -0.121. The number of carbonyl (C=O) groups is 1. The Morgan fingerprint density at radius 3 is 2.15 bits per heavy atom. The van der Waals surface area contributed by atoms with Crippen LogP contribution in [0.3, 0.4) is 0 Å². The Balaban J connectivity index is 3.33. The molecule has 0 bridgehead atoms. The van der Waals surface area contributed by atoms with Crippen molar-refractivity contribution in [2.45, 2.75) is 84.0 Å². The minimum Gasteiger partial charge on any atom is -0.354 e. The zero-order valence-electron chi connectivity index (χ0n) is 16.8. The molecule has 1 amide bonds. The van der Waals surface area contributed by atoms with Crippen LogP contribution in [0.1, 0.15) is 84.0 Å². The van der Waals surface area contributed by atoms with Crippen LogP contribution in [0.15, 0.2) is 24.3 Å². The summed E-state index contributed by atoms with van der Waals surface area (Å²) in [5, 5.41) is 2.58. The molecule has 0 aliphatic rings. The lowest BCUT2D eigenvalue weighted by Crippen LogP contribution is -2.26. The summed E-state index contributed by atoms with van der Waals surface area (Å²) in [6.07, 6.45) is 22.0. The molecule has 3 N–H and O–H groups in total. The molecule has 0 atom stereocenters. The number of phosphoric ester groups is 1. The van der Waals surface area contributed by atoms with Gasteiger partial charge in [-0.05, 0) is 38.5 Å². The number of rotatable bonds is 18. The van der Waals surface area contributed by atoms with E-state index < -0.39 is 7.82 Å². The maximum absolute atomic E-state index is 11.5. The van der Waals surface area contributed by atoms with Crippen molar-refractivity contribution in [1.82, 2.24) is 5.32 Å². The third-order valence-electron chi connectivity index (χ3n) is 4.04. The van der Waals surface area contributed by atoms with E-state index >= 15 is 0 Å². The predicted octanol–water partition coefficient (Wildman–Crippen LogP) is 5.03. The Hall–Kier alpha value is -0.940. The fourth-order valence-corrected chi connectivity index (χ4v) is 2.87. The molecule has 0 aliphatic carbocycles. The van der Waals surface area contributed by atoms with Gasteiger partial charge >= 0.3 is 7.82 Å². The maximum atomic E-state index is 11.5. The van der Waals surface area contributed by atoms with Crippen LogP contribution in [-0.2, 0) is 13.9 Å². The summed E-state index contributed by atoms with van der Waals surface area (Å²) >= 11 is 0. The van der Waals surface area contributed by atoms with Gasteiger partial charge in [-0.2, -0.15) is 0 Å². The highest BCUT2D eigenvalue weighted by Gasteiger charge is 2.12. The molecule has 0 radical (unpaired) electrons. The van der Waals surface area contributed by atoms with E-state index in [1.54, 1.807) is 0 Å². The zero-order chi connectivity index (χ0) is 20.2. The molecule has 0 spiro atoms. The lowest BCUT2D eigenvalue weighted by atomic mass is 10.1. The van der Waals surface area contributed by atoms with Crippen molar-refractivity contribution >= 4 is 13.7 Å². The highest BCUT2D eigenvalue weighted by molar-refractivity contribution is 7.46. The maximum Gasteiger partial charge on any atom is 0.469 e. The second-order valence-corrected chi connectivity index (χ2v) is 7.89. The smallest absolute Gasteiger partial charge is 0.354 e. The third kappa shape index (κ3) is 23.0. The minimum absolute atomic E-state index is 0.102. The molecule has 0 aromatic carbocycles. The monoisotopic (exact) mass is 403 g/mol. The van der Waals surface area contributed by atoms with E-state index in [2.05, 4.69) is 41.1 Å². The molecular formula is C20H38NO5P. The first-order valence-corrected chi connectivity index (χ1v) is 11.8. The summed E-state index contributed by atoms with van der Waals surface area (Å²) in [6, 6.07) is 0. The minimum atomic E-state index is -4.44. The molecule has 0 fully saturated rings. The molecule has 158 valence electrons. The molecule has 27 heavy (non-hydrogen) atoms. The van der Waals surface area contributed by atoms with Gasteiger partial charge in [-0.15, -0.1) is 0 Å². The number of hydrogen-bond donors (Lipinski definition) is 3.